The van der Waals surface area contributed by atoms with Gasteiger partial charge in [0.05, 0.1) is 12.6 Å². The van der Waals surface area contributed by atoms with Crippen LogP contribution in [0.25, 0.3) is 0 Å². The molecule has 4 amide bonds. The number of Topliss-reactive ketones (excluding diaryl/α,β-unsaturated/α-hetero) is 1. The first-order chi connectivity index (χ1) is 29.4. The highest BCUT2D eigenvalue weighted by Gasteiger charge is 2.41. The van der Waals surface area contributed by atoms with Crippen LogP contribution in [0.3, 0.4) is 0 Å². The predicted octanol–water partition coefficient (Wildman–Crippen LogP) is 4.64. The first-order valence-corrected chi connectivity index (χ1v) is 22.8. The van der Waals surface area contributed by atoms with Gasteiger partial charge in [-0.3, -0.25) is 24.0 Å². The summed E-state index contributed by atoms with van der Waals surface area (Å²) in [6, 6.07) is 13.1. The fourth-order valence-corrected chi connectivity index (χ4v) is 9.17. The topological polar surface area (TPSA) is 186 Å². The molecule has 2 aliphatic rings. The number of amides is 4. The number of nitrogens with zero attached hydrogens (tertiary/aromatic N) is 1. The van der Waals surface area contributed by atoms with Crippen molar-refractivity contribution in [2.24, 2.45) is 17.8 Å². The van der Waals surface area contributed by atoms with Gasteiger partial charge in [0.1, 0.15) is 30.0 Å². The van der Waals surface area contributed by atoms with Gasteiger partial charge in [-0.25, -0.2) is 0 Å². The number of rotatable bonds is 25. The van der Waals surface area contributed by atoms with Gasteiger partial charge in [-0.2, -0.15) is 0 Å². The number of nitrogens with one attached hydrogen (secondary N) is 5. The number of aliphatic hydroxyl groups excluding tert-OH is 1. The molecule has 0 aromatic heterocycles. The van der Waals surface area contributed by atoms with Gasteiger partial charge < -0.3 is 41.4 Å². The number of hydrogen-bond acceptors (Lipinski definition) is 9. The third-order valence-electron chi connectivity index (χ3n) is 12.8. The molecule has 0 heterocycles. The molecule has 2 aromatic rings. The largest absolute Gasteiger partial charge is 0.394 e. The van der Waals surface area contributed by atoms with Crippen LogP contribution in [0.1, 0.15) is 128 Å². The van der Waals surface area contributed by atoms with Crippen LogP contribution in [0.2, 0.25) is 0 Å². The van der Waals surface area contributed by atoms with Crippen molar-refractivity contribution >= 4 is 35.7 Å². The molecule has 4 rings (SSSR count). The lowest BCUT2D eigenvalue weighted by Crippen LogP contribution is -2.63. The number of unbranched alkanes of at least 4 members (excludes halogenated alkanes) is 1. The molecule has 8 atom stereocenters. The summed E-state index contributed by atoms with van der Waals surface area (Å²) in [7, 11) is 2.18. The van der Waals surface area contributed by atoms with Crippen molar-refractivity contribution in [2.75, 3.05) is 26.7 Å². The second-order valence-electron chi connectivity index (χ2n) is 19.4. The van der Waals surface area contributed by atoms with Crippen molar-refractivity contribution in [3.63, 3.8) is 0 Å². The van der Waals surface area contributed by atoms with E-state index in [1.165, 1.54) is 32.6 Å². The molecule has 62 heavy (non-hydrogen) atoms. The molecule has 2 aliphatic carbocycles. The van der Waals surface area contributed by atoms with Crippen LogP contribution in [-0.2, 0) is 35.8 Å². The summed E-state index contributed by atoms with van der Waals surface area (Å²) in [4.78, 5) is 83.1. The molecule has 13 nitrogen and oxygen atoms in total. The number of ketones is 1. The van der Waals surface area contributed by atoms with Crippen molar-refractivity contribution in [3.8, 4) is 0 Å². The zero-order valence-corrected chi connectivity index (χ0v) is 38.4. The minimum absolute atomic E-state index is 0.0512. The van der Waals surface area contributed by atoms with Crippen LogP contribution in [-0.4, -0.2) is 108 Å². The molecule has 0 radical (unpaired) electrons. The van der Waals surface area contributed by atoms with E-state index in [0.29, 0.717) is 30.7 Å². The summed E-state index contributed by atoms with van der Waals surface area (Å²) in [6.45, 7) is 13.5. The van der Waals surface area contributed by atoms with Gasteiger partial charge in [0.2, 0.25) is 17.7 Å². The highest BCUT2D eigenvalue weighted by atomic mass is 16.3. The minimum atomic E-state index is -1.46. The SMILES string of the molecule is CCC(=O)[C@H](CO)NC(=O)[C@H](CCCCN(C)C1CC2CCC1C2)NC[C@@](C=O)(CC(C)C)NC(=O)[C@H](C)NC(=O)[C@H](Cc1ccccc1)NC(=O)c1ccc(C(C)(C)C)cc1. The van der Waals surface area contributed by atoms with Crippen molar-refractivity contribution in [3.05, 3.63) is 71.3 Å². The van der Waals surface area contributed by atoms with E-state index in [1.54, 1.807) is 19.1 Å². The predicted molar refractivity (Wildman–Crippen MR) is 242 cm³/mol. The van der Waals surface area contributed by atoms with E-state index in [0.717, 1.165) is 35.9 Å². The Morgan fingerprint density at radius 3 is 2.08 bits per heavy atom. The minimum Gasteiger partial charge on any atom is -0.394 e. The molecule has 0 saturated heterocycles. The Labute approximate surface area is 369 Å². The maximum Gasteiger partial charge on any atom is 0.251 e. The second kappa shape index (κ2) is 23.3. The third kappa shape index (κ3) is 14.6. The zero-order chi connectivity index (χ0) is 45.6. The van der Waals surface area contributed by atoms with E-state index in [4.69, 9.17) is 0 Å². The number of carbonyl (C=O) groups excluding carboxylic acids is 6. The van der Waals surface area contributed by atoms with Gasteiger partial charge in [-0.1, -0.05) is 96.8 Å². The fraction of sp³-hybridized carbons (Fsp3) is 0.633. The van der Waals surface area contributed by atoms with Gasteiger partial charge in [-0.15, -0.1) is 0 Å². The monoisotopic (exact) mass is 859 g/mol. The van der Waals surface area contributed by atoms with Crippen LogP contribution in [0.4, 0.5) is 0 Å². The molecule has 0 aliphatic heterocycles. The standard InChI is InChI=1S/C49H74N6O7/c1-9-43(58)41(29-56)53-46(61)39(17-13-14-24-55(8)42-27-35-18-19-37(42)25-35)50-30-49(31-57,28-32(2)3)54-44(59)33(4)51-47(62)40(26-34-15-11-10-12-16-34)52-45(60)36-20-22-38(23-21-36)48(5,6)7/h10-12,15-16,20-23,31-33,35,37,39-42,50,56H,9,13-14,17-19,24-30H2,1-8H3,(H,51,62)(H,52,60)(H,53,61)(H,54,59)/t33-,35?,37?,39-,40-,41-,42?,49+/m0/s1. The molecule has 2 aromatic carbocycles. The van der Waals surface area contributed by atoms with E-state index < -0.39 is 59.9 Å². The van der Waals surface area contributed by atoms with Crippen LogP contribution < -0.4 is 26.6 Å². The Morgan fingerprint density at radius 1 is 0.839 bits per heavy atom. The zero-order valence-electron chi connectivity index (χ0n) is 38.4. The molecule has 6 N–H and O–H groups in total. The number of benzene rings is 2. The number of hydrogen-bond donors (Lipinski definition) is 6. The number of carbonyl (C=O) groups is 6. The van der Waals surface area contributed by atoms with Crippen LogP contribution in [0.15, 0.2) is 54.6 Å². The normalized spacial score (nSPS) is 20.1. The summed E-state index contributed by atoms with van der Waals surface area (Å²) >= 11 is 0. The van der Waals surface area contributed by atoms with Crippen molar-refractivity contribution in [1.82, 2.24) is 31.5 Å². The summed E-state index contributed by atoms with van der Waals surface area (Å²) < 4.78 is 0. The van der Waals surface area contributed by atoms with E-state index in [1.807, 2.05) is 56.3 Å². The molecule has 2 saturated carbocycles. The summed E-state index contributed by atoms with van der Waals surface area (Å²) in [6.07, 6.45) is 8.36. The van der Waals surface area contributed by atoms with Crippen LogP contribution in [0, 0.1) is 17.8 Å². The average molecular weight is 859 g/mol. The lowest BCUT2D eigenvalue weighted by molar-refractivity contribution is -0.132. The Bertz CT molecular complexity index is 1800. The number of aliphatic hydroxyl groups is 1. The Balaban J connectivity index is 1.45. The third-order valence-corrected chi connectivity index (χ3v) is 12.8. The number of aldehydes is 1. The Morgan fingerprint density at radius 2 is 1.52 bits per heavy atom. The molecular formula is C49H74N6O7. The lowest BCUT2D eigenvalue weighted by Gasteiger charge is -2.34. The fourth-order valence-electron chi connectivity index (χ4n) is 9.17. The lowest BCUT2D eigenvalue weighted by atomic mass is 9.86. The first kappa shape index (κ1) is 50.2. The summed E-state index contributed by atoms with van der Waals surface area (Å²) in [5.41, 5.74) is 0.706. The number of fused-ring (bicyclic) bond motifs is 2. The molecule has 342 valence electrons. The first-order valence-electron chi connectivity index (χ1n) is 22.8. The second-order valence-corrected chi connectivity index (χ2v) is 19.4. The van der Waals surface area contributed by atoms with Crippen LogP contribution >= 0.6 is 0 Å². The molecule has 13 heteroatoms. The van der Waals surface area contributed by atoms with Gasteiger partial charge in [0.15, 0.2) is 5.78 Å². The quantitative estimate of drug-likeness (QED) is 0.0612. The molecule has 2 fully saturated rings. The maximum atomic E-state index is 13.9. The average Bonchev–Trinajstić information content (AvgIpc) is 3.89. The Hall–Kier alpha value is -4.46. The Kier molecular flexibility index (Phi) is 18.9. The maximum absolute atomic E-state index is 13.9. The summed E-state index contributed by atoms with van der Waals surface area (Å²) in [5.74, 6) is -0.837. The van der Waals surface area contributed by atoms with Gasteiger partial charge in [-0.05, 0) is 105 Å². The van der Waals surface area contributed by atoms with Crippen molar-refractivity contribution in [2.45, 2.75) is 154 Å². The van der Waals surface area contributed by atoms with Crippen molar-refractivity contribution < 1.29 is 33.9 Å². The highest BCUT2D eigenvalue weighted by Crippen LogP contribution is 2.46. The molecule has 3 unspecified atom stereocenters. The van der Waals surface area contributed by atoms with Crippen molar-refractivity contribution in [1.29, 1.82) is 0 Å². The van der Waals surface area contributed by atoms with E-state index in [9.17, 15) is 33.9 Å². The highest BCUT2D eigenvalue weighted by molar-refractivity contribution is 5.98. The van der Waals surface area contributed by atoms with Gasteiger partial charge >= 0.3 is 0 Å². The summed E-state index contributed by atoms with van der Waals surface area (Å²) in [5, 5.41) is 24.4. The van der Waals surface area contributed by atoms with Crippen LogP contribution in [0.5, 0.6) is 0 Å². The van der Waals surface area contributed by atoms with Gasteiger partial charge in [0.25, 0.3) is 5.91 Å². The molecule has 0 spiro atoms. The smallest absolute Gasteiger partial charge is 0.251 e. The molecule has 2 bridgehead atoms. The van der Waals surface area contributed by atoms with Gasteiger partial charge in [0, 0.05) is 31.0 Å². The van der Waals surface area contributed by atoms with E-state index >= 15 is 0 Å². The molecular weight excluding hydrogens is 785 g/mol. The van der Waals surface area contributed by atoms with E-state index in [-0.39, 0.29) is 42.9 Å². The van der Waals surface area contributed by atoms with E-state index in [2.05, 4.69) is 59.3 Å².